The number of nitrogens with two attached hydrogens (primary N) is 1. The molecule has 0 amide bonds. The Balaban J connectivity index is 2.23. The van der Waals surface area contributed by atoms with Crippen molar-refractivity contribution >= 4 is 10.8 Å². The topological polar surface area (TPSA) is 56.7 Å². The van der Waals surface area contributed by atoms with Crippen LogP contribution >= 0.6 is 0 Å². The summed E-state index contributed by atoms with van der Waals surface area (Å²) in [5, 5.41) is 2.27. The van der Waals surface area contributed by atoms with E-state index in [1.165, 1.54) is 0 Å². The minimum Gasteiger partial charge on any atom is -0.323 e. The molecule has 0 aliphatic rings. The van der Waals surface area contributed by atoms with Crippen molar-refractivity contribution in [2.45, 2.75) is 19.4 Å². The molecule has 4 heteroatoms. The first kappa shape index (κ1) is 11.9. The number of fused-ring (bicyclic) bond motifs is 1. The maximum atomic E-state index is 6.15. The molecule has 2 aromatic heterocycles. The van der Waals surface area contributed by atoms with Gasteiger partial charge in [0.2, 0.25) is 0 Å². The highest BCUT2D eigenvalue weighted by molar-refractivity contribution is 5.89. The van der Waals surface area contributed by atoms with Crippen molar-refractivity contribution in [2.24, 2.45) is 5.73 Å². The summed E-state index contributed by atoms with van der Waals surface area (Å²) in [6.07, 6.45) is 8.23. The Morgan fingerprint density at radius 1 is 1.21 bits per heavy atom. The number of benzene rings is 1. The molecular weight excluding hydrogens is 236 g/mol. The van der Waals surface area contributed by atoms with Crippen LogP contribution in [-0.2, 0) is 0 Å². The van der Waals surface area contributed by atoms with Gasteiger partial charge in [0.1, 0.15) is 0 Å². The lowest BCUT2D eigenvalue weighted by molar-refractivity contribution is 0.660. The second-order valence-corrected chi connectivity index (χ2v) is 4.58. The van der Waals surface area contributed by atoms with Crippen molar-refractivity contribution in [2.75, 3.05) is 0 Å². The van der Waals surface area contributed by atoms with E-state index in [1.54, 1.807) is 0 Å². The molecule has 1 atom stereocenters. The van der Waals surface area contributed by atoms with E-state index in [0.717, 1.165) is 28.6 Å². The summed E-state index contributed by atoms with van der Waals surface area (Å²) < 4.78 is 2.07. The number of hydrogen-bond donors (Lipinski definition) is 1. The number of rotatable bonds is 3. The quantitative estimate of drug-likeness (QED) is 0.779. The summed E-state index contributed by atoms with van der Waals surface area (Å²) in [5.41, 5.74) is 8.28. The van der Waals surface area contributed by atoms with Crippen LogP contribution in [0.5, 0.6) is 0 Å². The molecule has 0 fully saturated rings. The lowest BCUT2D eigenvalue weighted by atomic mass is 10.1. The van der Waals surface area contributed by atoms with Crippen molar-refractivity contribution in [1.82, 2.24) is 14.5 Å². The molecule has 3 rings (SSSR count). The summed E-state index contributed by atoms with van der Waals surface area (Å²) in [5.74, 6) is 0. The summed E-state index contributed by atoms with van der Waals surface area (Å²) in [6, 6.07) is 8.18. The highest BCUT2D eigenvalue weighted by Crippen LogP contribution is 2.24. The van der Waals surface area contributed by atoms with Crippen LogP contribution in [0.1, 0.15) is 25.1 Å². The molecule has 0 unspecified atom stereocenters. The van der Waals surface area contributed by atoms with Gasteiger partial charge in [0.15, 0.2) is 0 Å². The van der Waals surface area contributed by atoms with Crippen LogP contribution in [-0.4, -0.2) is 14.5 Å². The van der Waals surface area contributed by atoms with E-state index in [4.69, 9.17) is 5.73 Å². The zero-order valence-electron chi connectivity index (χ0n) is 10.8. The summed E-state index contributed by atoms with van der Waals surface area (Å²) in [6.45, 7) is 2.08. The summed E-state index contributed by atoms with van der Waals surface area (Å²) in [7, 11) is 0. The minimum absolute atomic E-state index is 0.000377. The number of aromatic nitrogens is 3. The average Bonchev–Trinajstić information content (AvgIpc) is 2.95. The molecule has 0 spiro atoms. The fourth-order valence-corrected chi connectivity index (χ4v) is 2.31. The van der Waals surface area contributed by atoms with Crippen molar-refractivity contribution < 1.29 is 0 Å². The van der Waals surface area contributed by atoms with Gasteiger partial charge in [0.25, 0.3) is 0 Å². The van der Waals surface area contributed by atoms with Crippen LogP contribution in [0.25, 0.3) is 16.5 Å². The maximum Gasteiger partial charge on any atom is 0.0994 e. The van der Waals surface area contributed by atoms with Crippen molar-refractivity contribution in [3.05, 3.63) is 54.9 Å². The largest absolute Gasteiger partial charge is 0.323 e. The van der Waals surface area contributed by atoms with Crippen LogP contribution in [0.3, 0.4) is 0 Å². The van der Waals surface area contributed by atoms with Gasteiger partial charge in [-0.15, -0.1) is 0 Å². The molecule has 1 aromatic carbocycles. The fourth-order valence-electron chi connectivity index (χ4n) is 2.31. The molecule has 3 aromatic rings. The second-order valence-electron chi connectivity index (χ2n) is 4.58. The average molecular weight is 252 g/mol. The lowest BCUT2D eigenvalue weighted by Gasteiger charge is -2.14. The Hall–Kier alpha value is -2.20. The van der Waals surface area contributed by atoms with Crippen molar-refractivity contribution in [1.29, 1.82) is 0 Å². The Bertz CT molecular complexity index is 697. The molecule has 4 nitrogen and oxygen atoms in total. The van der Waals surface area contributed by atoms with Gasteiger partial charge >= 0.3 is 0 Å². The first-order chi connectivity index (χ1) is 9.31. The third-order valence-corrected chi connectivity index (χ3v) is 3.40. The van der Waals surface area contributed by atoms with E-state index in [0.29, 0.717) is 0 Å². The minimum atomic E-state index is -0.000377. The van der Waals surface area contributed by atoms with Gasteiger partial charge in [-0.3, -0.25) is 4.98 Å². The lowest BCUT2D eigenvalue weighted by Crippen LogP contribution is -2.13. The number of imidazole rings is 1. The fraction of sp³-hybridized carbons (Fsp3) is 0.200. The van der Waals surface area contributed by atoms with Gasteiger partial charge in [-0.1, -0.05) is 19.1 Å². The van der Waals surface area contributed by atoms with E-state index in [1.807, 2.05) is 37.1 Å². The predicted octanol–water partition coefficient (Wildman–Crippen LogP) is 2.83. The van der Waals surface area contributed by atoms with Gasteiger partial charge in [0, 0.05) is 29.2 Å². The molecule has 2 N–H and O–H groups in total. The monoisotopic (exact) mass is 252 g/mol. The third kappa shape index (κ3) is 2.00. The second kappa shape index (κ2) is 4.82. The number of pyridine rings is 1. The van der Waals surface area contributed by atoms with E-state index >= 15 is 0 Å². The van der Waals surface area contributed by atoms with E-state index < -0.39 is 0 Å². The highest BCUT2D eigenvalue weighted by Gasteiger charge is 2.12. The van der Waals surface area contributed by atoms with Gasteiger partial charge < -0.3 is 10.3 Å². The highest BCUT2D eigenvalue weighted by atomic mass is 15.1. The summed E-state index contributed by atoms with van der Waals surface area (Å²) >= 11 is 0. The van der Waals surface area contributed by atoms with Gasteiger partial charge in [-0.25, -0.2) is 4.98 Å². The van der Waals surface area contributed by atoms with Gasteiger partial charge in [-0.05, 0) is 18.6 Å². The molecule has 0 bridgehead atoms. The molecule has 19 heavy (non-hydrogen) atoms. The zero-order valence-corrected chi connectivity index (χ0v) is 10.8. The Labute approximate surface area is 111 Å². The molecule has 0 saturated carbocycles. The van der Waals surface area contributed by atoms with Crippen LogP contribution in [0, 0.1) is 0 Å². The van der Waals surface area contributed by atoms with Crippen LogP contribution in [0.15, 0.2) is 49.2 Å². The smallest absolute Gasteiger partial charge is 0.0994 e. The molecule has 2 heterocycles. The predicted molar refractivity (Wildman–Crippen MR) is 76.1 cm³/mol. The van der Waals surface area contributed by atoms with E-state index in [-0.39, 0.29) is 6.04 Å². The van der Waals surface area contributed by atoms with Gasteiger partial charge in [0.05, 0.1) is 23.9 Å². The molecule has 0 saturated heterocycles. The Morgan fingerprint density at radius 3 is 2.95 bits per heavy atom. The standard InChI is InChI=1S/C15H16N4/c1-2-13(16)15-9-18-10-19(15)14-5-3-4-11-8-17-7-6-12(11)14/h3-10,13H,2,16H2,1H3/t13-/m1/s1. The molecule has 0 aliphatic heterocycles. The first-order valence-electron chi connectivity index (χ1n) is 6.42. The van der Waals surface area contributed by atoms with Crippen LogP contribution in [0.2, 0.25) is 0 Å². The van der Waals surface area contributed by atoms with Crippen molar-refractivity contribution in [3.8, 4) is 5.69 Å². The van der Waals surface area contributed by atoms with Gasteiger partial charge in [-0.2, -0.15) is 0 Å². The van der Waals surface area contributed by atoms with E-state index in [9.17, 15) is 0 Å². The first-order valence-corrected chi connectivity index (χ1v) is 6.42. The SMILES string of the molecule is CC[C@@H](N)c1cncn1-c1cccc2cnccc12. The molecule has 0 aliphatic carbocycles. The number of nitrogens with zero attached hydrogens (tertiary/aromatic N) is 3. The zero-order chi connectivity index (χ0) is 13.2. The number of hydrogen-bond acceptors (Lipinski definition) is 3. The Kier molecular flexibility index (Phi) is 3.01. The maximum absolute atomic E-state index is 6.15. The molecule has 96 valence electrons. The van der Waals surface area contributed by atoms with Crippen LogP contribution in [0.4, 0.5) is 0 Å². The Morgan fingerprint density at radius 2 is 2.11 bits per heavy atom. The van der Waals surface area contributed by atoms with Crippen molar-refractivity contribution in [3.63, 3.8) is 0 Å². The van der Waals surface area contributed by atoms with E-state index in [2.05, 4.69) is 33.6 Å². The molecule has 0 radical (unpaired) electrons. The normalized spacial score (nSPS) is 12.7. The third-order valence-electron chi connectivity index (χ3n) is 3.40. The van der Waals surface area contributed by atoms with Crippen LogP contribution < -0.4 is 5.73 Å². The molecular formula is C15H16N4. The summed E-state index contributed by atoms with van der Waals surface area (Å²) in [4.78, 5) is 8.40.